The van der Waals surface area contributed by atoms with E-state index in [2.05, 4.69) is 20.3 Å². The van der Waals surface area contributed by atoms with Crippen molar-refractivity contribution >= 4 is 17.5 Å². The first-order chi connectivity index (χ1) is 9.70. The molecule has 20 heavy (non-hydrogen) atoms. The topological polar surface area (TPSA) is 75.9 Å². The molecular weight excluding hydrogens is 278 g/mol. The van der Waals surface area contributed by atoms with E-state index in [0.717, 1.165) is 25.7 Å². The van der Waals surface area contributed by atoms with Gasteiger partial charge < -0.3 is 10.4 Å². The first-order valence-corrected chi connectivity index (χ1v) is 7.06. The summed E-state index contributed by atoms with van der Waals surface area (Å²) in [5.74, 6) is 1.20. The van der Waals surface area contributed by atoms with Crippen LogP contribution in [0.3, 0.4) is 0 Å². The zero-order valence-electron chi connectivity index (χ0n) is 10.9. The fourth-order valence-corrected chi connectivity index (χ4v) is 2.58. The maximum Gasteiger partial charge on any atom is 0.226 e. The summed E-state index contributed by atoms with van der Waals surface area (Å²) in [6, 6.07) is 1.98. The van der Waals surface area contributed by atoms with Gasteiger partial charge in [0.25, 0.3) is 0 Å². The van der Waals surface area contributed by atoms with E-state index >= 15 is 0 Å². The Bertz CT molecular complexity index is 566. The average molecular weight is 294 g/mol. The number of hydrogen-bond acceptors (Lipinski definition) is 5. The van der Waals surface area contributed by atoms with Crippen LogP contribution in [0.2, 0.25) is 5.15 Å². The predicted octanol–water partition coefficient (Wildman–Crippen LogP) is 2.03. The molecule has 7 heteroatoms. The van der Waals surface area contributed by atoms with Crippen molar-refractivity contribution in [1.82, 2.24) is 19.5 Å². The monoisotopic (exact) mass is 293 g/mol. The van der Waals surface area contributed by atoms with E-state index < -0.39 is 0 Å². The molecule has 0 amide bonds. The number of rotatable bonds is 3. The van der Waals surface area contributed by atoms with Crippen LogP contribution in [0.1, 0.15) is 25.7 Å². The fourth-order valence-electron chi connectivity index (χ4n) is 2.40. The number of hydrogen-bond donors (Lipinski definition) is 2. The zero-order valence-corrected chi connectivity index (χ0v) is 11.7. The predicted molar refractivity (Wildman–Crippen MR) is 76.0 cm³/mol. The molecule has 2 N–H and O–H groups in total. The number of aromatic nitrogens is 4. The van der Waals surface area contributed by atoms with Crippen LogP contribution in [0.5, 0.6) is 0 Å². The van der Waals surface area contributed by atoms with Crippen molar-refractivity contribution in [3.63, 3.8) is 0 Å². The summed E-state index contributed by atoms with van der Waals surface area (Å²) in [5.41, 5.74) is 0. The Morgan fingerprint density at radius 1 is 1.25 bits per heavy atom. The third kappa shape index (κ3) is 3.08. The second-order valence-corrected chi connectivity index (χ2v) is 5.38. The lowest BCUT2D eigenvalue weighted by atomic mass is 9.93. The second-order valence-electron chi connectivity index (χ2n) is 4.99. The maximum absolute atomic E-state index is 9.52. The third-order valence-corrected chi connectivity index (χ3v) is 3.67. The normalized spacial score (nSPS) is 22.7. The van der Waals surface area contributed by atoms with Gasteiger partial charge in [-0.15, -0.1) is 0 Å². The molecule has 0 aliphatic heterocycles. The molecule has 6 nitrogen and oxygen atoms in total. The fraction of sp³-hybridized carbons (Fsp3) is 0.462. The van der Waals surface area contributed by atoms with Gasteiger partial charge >= 0.3 is 0 Å². The van der Waals surface area contributed by atoms with Gasteiger partial charge in [-0.1, -0.05) is 11.6 Å². The Hall–Kier alpha value is -1.66. The molecule has 0 spiro atoms. The van der Waals surface area contributed by atoms with Crippen LogP contribution in [0.15, 0.2) is 24.8 Å². The van der Waals surface area contributed by atoms with Gasteiger partial charge in [-0.05, 0) is 25.7 Å². The van der Waals surface area contributed by atoms with Crippen LogP contribution in [0.4, 0.5) is 5.95 Å². The van der Waals surface area contributed by atoms with E-state index in [4.69, 9.17) is 11.6 Å². The number of nitrogens with zero attached hydrogens (tertiary/aromatic N) is 4. The number of anilines is 1. The highest BCUT2D eigenvalue weighted by Gasteiger charge is 2.20. The second kappa shape index (κ2) is 5.76. The van der Waals surface area contributed by atoms with Crippen molar-refractivity contribution in [2.45, 2.75) is 37.8 Å². The summed E-state index contributed by atoms with van der Waals surface area (Å²) >= 11 is 6.04. The Labute approximate surface area is 121 Å². The highest BCUT2D eigenvalue weighted by molar-refractivity contribution is 6.29. The molecule has 0 bridgehead atoms. The molecule has 0 aromatic carbocycles. The van der Waals surface area contributed by atoms with Crippen LogP contribution in [-0.4, -0.2) is 36.8 Å². The summed E-state index contributed by atoms with van der Waals surface area (Å²) in [4.78, 5) is 12.6. The lowest BCUT2D eigenvalue weighted by molar-refractivity contribution is 0.126. The van der Waals surface area contributed by atoms with Crippen LogP contribution >= 0.6 is 11.6 Å². The van der Waals surface area contributed by atoms with Crippen molar-refractivity contribution in [1.29, 1.82) is 0 Å². The van der Waals surface area contributed by atoms with E-state index in [9.17, 15) is 5.11 Å². The van der Waals surface area contributed by atoms with Gasteiger partial charge in [0.15, 0.2) is 0 Å². The Morgan fingerprint density at radius 2 is 2.05 bits per heavy atom. The quantitative estimate of drug-likeness (QED) is 0.847. The molecule has 0 unspecified atom stereocenters. The van der Waals surface area contributed by atoms with Gasteiger partial charge in [0.05, 0.1) is 6.10 Å². The Balaban J connectivity index is 1.76. The summed E-state index contributed by atoms with van der Waals surface area (Å²) in [6.07, 6.45) is 8.44. The van der Waals surface area contributed by atoms with E-state index in [1.807, 2.05) is 0 Å². The molecule has 2 heterocycles. The van der Waals surface area contributed by atoms with Gasteiger partial charge in [-0.2, -0.15) is 4.98 Å². The lowest BCUT2D eigenvalue weighted by Crippen LogP contribution is -2.29. The maximum atomic E-state index is 9.52. The summed E-state index contributed by atoms with van der Waals surface area (Å²) in [5, 5.41) is 13.2. The van der Waals surface area contributed by atoms with E-state index in [1.54, 1.807) is 29.4 Å². The van der Waals surface area contributed by atoms with Crippen molar-refractivity contribution in [2.24, 2.45) is 0 Å². The molecule has 0 saturated heterocycles. The minimum Gasteiger partial charge on any atom is -0.393 e. The van der Waals surface area contributed by atoms with Gasteiger partial charge in [0.1, 0.15) is 17.3 Å². The highest BCUT2D eigenvalue weighted by Crippen LogP contribution is 2.22. The van der Waals surface area contributed by atoms with Crippen molar-refractivity contribution in [3.05, 3.63) is 29.9 Å². The minimum atomic E-state index is -0.171. The summed E-state index contributed by atoms with van der Waals surface area (Å²) in [7, 11) is 0. The van der Waals surface area contributed by atoms with Gasteiger partial charge in [-0.3, -0.25) is 4.57 Å². The lowest BCUT2D eigenvalue weighted by Gasteiger charge is -2.26. The number of halogens is 1. The molecule has 106 valence electrons. The average Bonchev–Trinajstić information content (AvgIpc) is 2.95. The van der Waals surface area contributed by atoms with Crippen LogP contribution in [0.25, 0.3) is 5.82 Å². The first-order valence-electron chi connectivity index (χ1n) is 6.68. The molecule has 1 aliphatic carbocycles. The van der Waals surface area contributed by atoms with E-state index in [1.165, 1.54) is 0 Å². The van der Waals surface area contributed by atoms with Crippen LogP contribution < -0.4 is 5.32 Å². The minimum absolute atomic E-state index is 0.171. The van der Waals surface area contributed by atoms with Gasteiger partial charge in [0, 0.05) is 24.5 Å². The number of aliphatic hydroxyl groups excluding tert-OH is 1. The molecular formula is C13H16ClN5O. The molecule has 3 rings (SSSR count). The van der Waals surface area contributed by atoms with Gasteiger partial charge in [-0.25, -0.2) is 9.97 Å². The molecule has 2 aromatic heterocycles. The van der Waals surface area contributed by atoms with Crippen molar-refractivity contribution in [3.8, 4) is 5.82 Å². The van der Waals surface area contributed by atoms with E-state index in [-0.39, 0.29) is 12.1 Å². The third-order valence-electron chi connectivity index (χ3n) is 3.48. The van der Waals surface area contributed by atoms with Crippen molar-refractivity contribution < 1.29 is 5.11 Å². The smallest absolute Gasteiger partial charge is 0.226 e. The largest absolute Gasteiger partial charge is 0.393 e. The number of nitrogens with one attached hydrogen (secondary N) is 1. The van der Waals surface area contributed by atoms with Crippen molar-refractivity contribution in [2.75, 3.05) is 5.32 Å². The molecule has 1 aliphatic rings. The summed E-state index contributed by atoms with van der Waals surface area (Å²) < 4.78 is 1.78. The Morgan fingerprint density at radius 3 is 2.75 bits per heavy atom. The van der Waals surface area contributed by atoms with Crippen LogP contribution in [-0.2, 0) is 0 Å². The van der Waals surface area contributed by atoms with E-state index in [0.29, 0.717) is 16.9 Å². The van der Waals surface area contributed by atoms with Crippen LogP contribution in [0, 0.1) is 0 Å². The van der Waals surface area contributed by atoms with Gasteiger partial charge in [0.2, 0.25) is 5.95 Å². The molecule has 1 fully saturated rings. The summed E-state index contributed by atoms with van der Waals surface area (Å²) in [6.45, 7) is 0. The standard InChI is InChI=1S/C13H16ClN5O/c14-11-7-12(19-6-5-15-8-19)18-13(17-11)16-9-1-3-10(20)4-2-9/h5-10,20H,1-4H2,(H,16,17,18). The molecule has 0 atom stereocenters. The zero-order chi connectivity index (χ0) is 13.9. The Kier molecular flexibility index (Phi) is 3.84. The molecule has 2 aromatic rings. The first kappa shape index (κ1) is 13.3. The SMILES string of the molecule is OC1CCC(Nc2nc(Cl)cc(-n3ccnc3)n2)CC1. The number of imidazole rings is 1. The number of aliphatic hydroxyl groups is 1. The molecule has 1 saturated carbocycles. The molecule has 0 radical (unpaired) electrons. The highest BCUT2D eigenvalue weighted by atomic mass is 35.5.